The van der Waals surface area contributed by atoms with Crippen LogP contribution in [0.4, 0.5) is 0 Å². The molecule has 9 heteroatoms. The van der Waals surface area contributed by atoms with Gasteiger partial charge in [-0.15, -0.1) is 34.0 Å². The van der Waals surface area contributed by atoms with E-state index in [-0.39, 0.29) is 0 Å². The molecule has 0 bridgehead atoms. The second kappa shape index (κ2) is 22.4. The molecule has 0 amide bonds. The van der Waals surface area contributed by atoms with E-state index in [0.717, 1.165) is 66.9 Å². The summed E-state index contributed by atoms with van der Waals surface area (Å²) in [7, 11) is 0. The van der Waals surface area contributed by atoms with Crippen molar-refractivity contribution in [1.29, 1.82) is 0 Å². The molecule has 0 aliphatic carbocycles. The maximum Gasteiger partial charge on any atom is 0.164 e. The maximum atomic E-state index is 5.53. The van der Waals surface area contributed by atoms with Gasteiger partial charge in [0.1, 0.15) is 0 Å². The fraction of sp³-hybridized carbons (Fsp3) is 0. The van der Waals surface area contributed by atoms with Crippen LogP contribution in [0, 0.1) is 0 Å². The van der Waals surface area contributed by atoms with Gasteiger partial charge in [-0.3, -0.25) is 0 Å². The van der Waals surface area contributed by atoms with Crippen LogP contribution in [0.2, 0.25) is 0 Å². The smallest absolute Gasteiger partial charge is 0.164 e. The van der Waals surface area contributed by atoms with Gasteiger partial charge in [-0.1, -0.05) is 200 Å². The molecule has 22 aromatic rings. The Bertz CT molecular complexity index is 6600. The fourth-order valence-corrected chi connectivity index (χ4v) is 19.6. The number of hydrogen-bond donors (Lipinski definition) is 0. The van der Waals surface area contributed by atoms with Crippen molar-refractivity contribution in [2.24, 2.45) is 0 Å². The average molecular weight is 1350 g/mol. The Kier molecular flexibility index (Phi) is 12.6. The number of rotatable bonds is 9. The van der Waals surface area contributed by atoms with Gasteiger partial charge in [0, 0.05) is 127 Å². The van der Waals surface area contributed by atoms with Gasteiger partial charge in [-0.25, -0.2) is 15.0 Å². The minimum Gasteiger partial charge on any atom is -0.309 e. The predicted molar refractivity (Wildman–Crippen MR) is 434 cm³/mol. The molecule has 6 nitrogen and oxygen atoms in total. The highest BCUT2D eigenvalue weighted by atomic mass is 32.1. The SMILES string of the molecule is c1cc(-c2nc(-c3cccc(-n4c5ccccc5c5cc(-c6ccc7c(c6)sc6ccccc67)ccc54)c3)nc(-c3cccc(-n4c5ccccc5c5cc(-c6ccc7c(c6)sc6ccccc67)ccc54)c3)n2)cc(-n2c3ccccc3c3cc(-c4ccc5c(c4)sc4ccccc45)ccc32)c1. The molecule has 102 heavy (non-hydrogen) atoms. The predicted octanol–water partition coefficient (Wildman–Crippen LogP) is 26.3. The van der Waals surface area contributed by atoms with E-state index in [1.807, 2.05) is 34.0 Å². The number of benzene rings is 15. The Hall–Kier alpha value is -12.6. The molecular formula is C93H54N6S3. The summed E-state index contributed by atoms with van der Waals surface area (Å²) in [6.45, 7) is 0. The van der Waals surface area contributed by atoms with Crippen LogP contribution in [-0.2, 0) is 0 Å². The number of aromatic nitrogens is 6. The van der Waals surface area contributed by atoms with Crippen LogP contribution in [0.1, 0.15) is 0 Å². The van der Waals surface area contributed by atoms with Crippen LogP contribution in [-0.4, -0.2) is 28.7 Å². The summed E-state index contributed by atoms with van der Waals surface area (Å²) in [6, 6.07) is 120. The highest BCUT2D eigenvalue weighted by Gasteiger charge is 2.22. The van der Waals surface area contributed by atoms with Crippen molar-refractivity contribution in [1.82, 2.24) is 28.7 Å². The number of thiophene rings is 3. The Morgan fingerprint density at radius 2 is 0.422 bits per heavy atom. The summed E-state index contributed by atoms with van der Waals surface area (Å²) in [6.07, 6.45) is 0. The first-order chi connectivity index (χ1) is 50.5. The van der Waals surface area contributed by atoms with Crippen LogP contribution in [0.25, 0.3) is 211 Å². The number of para-hydroxylation sites is 3. The molecule has 7 heterocycles. The van der Waals surface area contributed by atoms with Gasteiger partial charge in [-0.05, 0) is 161 Å². The van der Waals surface area contributed by atoms with Crippen molar-refractivity contribution in [3.8, 4) is 84.6 Å². The molecule has 0 fully saturated rings. The lowest BCUT2D eigenvalue weighted by Gasteiger charge is -2.14. The molecular weight excluding hydrogens is 1300 g/mol. The normalized spacial score (nSPS) is 12.1. The van der Waals surface area contributed by atoms with E-state index in [0.29, 0.717) is 17.5 Å². The maximum absolute atomic E-state index is 5.53. The molecule has 0 atom stereocenters. The summed E-state index contributed by atoms with van der Waals surface area (Å²) in [4.78, 5) is 16.6. The monoisotopic (exact) mass is 1350 g/mol. The van der Waals surface area contributed by atoms with Crippen LogP contribution in [0.15, 0.2) is 328 Å². The van der Waals surface area contributed by atoms with Gasteiger partial charge >= 0.3 is 0 Å². The van der Waals surface area contributed by atoms with Crippen LogP contribution >= 0.6 is 34.0 Å². The minimum atomic E-state index is 0.573. The molecule has 0 N–H and O–H groups in total. The highest BCUT2D eigenvalue weighted by Crippen LogP contribution is 2.45. The topological polar surface area (TPSA) is 53.5 Å². The molecule has 0 unspecified atom stereocenters. The van der Waals surface area contributed by atoms with Crippen LogP contribution in [0.5, 0.6) is 0 Å². The lowest BCUT2D eigenvalue weighted by Crippen LogP contribution is -2.02. The summed E-state index contributed by atoms with van der Waals surface area (Å²) in [5.74, 6) is 1.72. The minimum absolute atomic E-state index is 0.573. The molecule has 22 rings (SSSR count). The van der Waals surface area contributed by atoms with E-state index in [1.165, 1.54) is 126 Å². The van der Waals surface area contributed by atoms with Crippen molar-refractivity contribution in [2.45, 2.75) is 0 Å². The fourth-order valence-electron chi connectivity index (χ4n) is 16.1. The van der Waals surface area contributed by atoms with E-state index in [1.54, 1.807) is 0 Å². The zero-order valence-electron chi connectivity index (χ0n) is 54.6. The van der Waals surface area contributed by atoms with Crippen molar-refractivity contribution in [3.63, 3.8) is 0 Å². The van der Waals surface area contributed by atoms with Gasteiger partial charge in [0.25, 0.3) is 0 Å². The van der Waals surface area contributed by atoms with E-state index in [2.05, 4.69) is 341 Å². The molecule has 0 saturated carbocycles. The lowest BCUT2D eigenvalue weighted by molar-refractivity contribution is 1.07. The highest BCUT2D eigenvalue weighted by molar-refractivity contribution is 7.26. The zero-order chi connectivity index (χ0) is 66.7. The van der Waals surface area contributed by atoms with Crippen molar-refractivity contribution in [3.05, 3.63) is 328 Å². The quantitative estimate of drug-likeness (QED) is 0.145. The lowest BCUT2D eigenvalue weighted by atomic mass is 10.0. The Labute approximate surface area is 596 Å². The first-order valence-corrected chi connectivity index (χ1v) is 36.9. The molecule has 0 saturated heterocycles. The summed E-state index contributed by atoms with van der Waals surface area (Å²) < 4.78 is 15.0. The largest absolute Gasteiger partial charge is 0.309 e. The van der Waals surface area contributed by atoms with Crippen molar-refractivity contribution < 1.29 is 0 Å². The third-order valence-corrected chi connectivity index (χ3v) is 24.3. The summed E-state index contributed by atoms with van der Waals surface area (Å²) in [5.41, 5.74) is 19.5. The zero-order valence-corrected chi connectivity index (χ0v) is 57.0. The third kappa shape index (κ3) is 8.98. The summed E-state index contributed by atoms with van der Waals surface area (Å²) >= 11 is 5.57. The standard InChI is InChI=1S/C93H54N6S3/c1-7-28-79-67(22-1)76-49-55(58-34-40-73-70-25-4-10-31-85(70)100-88(73)52-58)37-43-82(76)97(79)64-19-13-16-61(46-64)91-94-92(62-17-14-20-65(47-62)98-80-29-8-2-23-68(80)77-50-56(38-44-83(77)98)59-35-41-74-71-26-5-11-32-86(71)101-89(74)53-59)96-93(95-91)63-18-15-21-66(48-63)99-81-30-9-3-24-69(81)78-51-57(39-45-84(78)99)60-36-42-75-72-27-6-12-33-87(72)102-90(75)54-60/h1-54H. The number of hydrogen-bond acceptors (Lipinski definition) is 6. The van der Waals surface area contributed by atoms with Gasteiger partial charge < -0.3 is 13.7 Å². The second-order valence-corrected chi connectivity index (χ2v) is 29.9. The first-order valence-electron chi connectivity index (χ1n) is 34.4. The molecule has 0 aliphatic rings. The molecule has 0 spiro atoms. The van der Waals surface area contributed by atoms with Gasteiger partial charge in [0.05, 0.1) is 33.1 Å². The number of fused-ring (bicyclic) bond motifs is 18. The average Bonchev–Trinajstić information content (AvgIpc) is 1.65. The summed E-state index contributed by atoms with van der Waals surface area (Å²) in [5, 5.41) is 15.0. The van der Waals surface area contributed by atoms with Crippen molar-refractivity contribution in [2.75, 3.05) is 0 Å². The van der Waals surface area contributed by atoms with E-state index in [9.17, 15) is 0 Å². The molecule has 7 aromatic heterocycles. The van der Waals surface area contributed by atoms with E-state index < -0.39 is 0 Å². The van der Waals surface area contributed by atoms with Gasteiger partial charge in [-0.2, -0.15) is 0 Å². The van der Waals surface area contributed by atoms with E-state index in [4.69, 9.17) is 15.0 Å². The second-order valence-electron chi connectivity index (χ2n) is 26.6. The Balaban J connectivity index is 0.684. The van der Waals surface area contributed by atoms with Crippen LogP contribution in [0.3, 0.4) is 0 Å². The third-order valence-electron chi connectivity index (χ3n) is 20.9. The molecule has 474 valence electrons. The van der Waals surface area contributed by atoms with E-state index >= 15 is 0 Å². The Morgan fingerprint density at radius 3 is 0.745 bits per heavy atom. The number of nitrogens with zero attached hydrogens (tertiary/aromatic N) is 6. The molecule has 15 aromatic carbocycles. The van der Waals surface area contributed by atoms with Crippen molar-refractivity contribution >= 4 is 160 Å². The molecule has 0 aliphatic heterocycles. The van der Waals surface area contributed by atoms with Gasteiger partial charge in [0.15, 0.2) is 17.5 Å². The van der Waals surface area contributed by atoms with Gasteiger partial charge in [0.2, 0.25) is 0 Å². The van der Waals surface area contributed by atoms with Crippen LogP contribution < -0.4 is 0 Å². The first kappa shape index (κ1) is 57.3. The Morgan fingerprint density at radius 1 is 0.167 bits per heavy atom. The molecule has 0 radical (unpaired) electrons.